The highest BCUT2D eigenvalue weighted by Gasteiger charge is 2.54. The minimum atomic E-state index is -4.49. The standard InChI is InChI=1S/C29H50F3N3O3Si2/c1-27(2,3)39(7,8)37-22-19-35(23-17-16-20(18-33-23)29(30,31)32)24(25(22)38-40(9,10)28(4,5)6)26(36)34-21-14-12-11-13-15-21/h16-18,21-22,24-25H,11-15,19H2,1-10H3,(H,34,36). The molecule has 3 rings (SSSR count). The molecule has 1 aliphatic carbocycles. The molecule has 1 aromatic rings. The smallest absolute Gasteiger partial charge is 0.409 e. The Balaban J connectivity index is 2.08. The van der Waals surface area contributed by atoms with Gasteiger partial charge in [0.15, 0.2) is 16.6 Å². The molecular formula is C29H50F3N3O3Si2. The van der Waals surface area contributed by atoms with Crippen LogP contribution in [0.25, 0.3) is 0 Å². The Morgan fingerprint density at radius 3 is 1.95 bits per heavy atom. The molecule has 3 atom stereocenters. The molecule has 3 unspecified atom stereocenters. The number of hydrogen-bond donors (Lipinski definition) is 1. The zero-order chi connectivity index (χ0) is 30.3. The lowest BCUT2D eigenvalue weighted by atomic mass is 9.95. The van der Waals surface area contributed by atoms with Gasteiger partial charge >= 0.3 is 6.18 Å². The minimum Gasteiger partial charge on any atom is -0.409 e. The van der Waals surface area contributed by atoms with E-state index in [2.05, 4.69) is 78.0 Å². The van der Waals surface area contributed by atoms with E-state index in [1.165, 1.54) is 6.07 Å². The van der Waals surface area contributed by atoms with Gasteiger partial charge in [0.1, 0.15) is 18.0 Å². The molecule has 1 N–H and O–H groups in total. The monoisotopic (exact) mass is 601 g/mol. The lowest BCUT2D eigenvalue weighted by Gasteiger charge is -2.43. The SMILES string of the molecule is CC(C)(C)[Si](C)(C)OC1CN(c2ccc(C(F)(F)F)cn2)C(C(=O)NC2CCCCC2)C1O[Si](C)(C)C(C)(C)C. The Labute approximate surface area is 241 Å². The molecule has 1 aromatic heterocycles. The highest BCUT2D eigenvalue weighted by Crippen LogP contribution is 2.43. The van der Waals surface area contributed by atoms with Crippen molar-refractivity contribution in [2.75, 3.05) is 11.4 Å². The van der Waals surface area contributed by atoms with Crippen LogP contribution < -0.4 is 10.2 Å². The van der Waals surface area contributed by atoms with Gasteiger partial charge in [-0.1, -0.05) is 60.8 Å². The van der Waals surface area contributed by atoms with Crippen LogP contribution in [0.4, 0.5) is 19.0 Å². The van der Waals surface area contributed by atoms with E-state index in [4.69, 9.17) is 8.85 Å². The molecule has 11 heteroatoms. The van der Waals surface area contributed by atoms with Crippen LogP contribution in [0.15, 0.2) is 18.3 Å². The number of alkyl halides is 3. The molecule has 6 nitrogen and oxygen atoms in total. The number of pyridine rings is 1. The van der Waals surface area contributed by atoms with E-state index in [1.807, 2.05) is 4.90 Å². The van der Waals surface area contributed by atoms with Crippen molar-refractivity contribution in [3.63, 3.8) is 0 Å². The molecule has 0 bridgehead atoms. The van der Waals surface area contributed by atoms with Gasteiger partial charge in [-0.3, -0.25) is 4.79 Å². The van der Waals surface area contributed by atoms with Crippen LogP contribution in [0.2, 0.25) is 36.3 Å². The average Bonchev–Trinajstić information content (AvgIpc) is 3.14. The molecule has 0 spiro atoms. The highest BCUT2D eigenvalue weighted by atomic mass is 28.4. The van der Waals surface area contributed by atoms with Crippen molar-refractivity contribution in [3.8, 4) is 0 Å². The van der Waals surface area contributed by atoms with Crippen molar-refractivity contribution in [2.45, 2.75) is 140 Å². The van der Waals surface area contributed by atoms with Crippen molar-refractivity contribution < 1.29 is 26.8 Å². The van der Waals surface area contributed by atoms with Crippen molar-refractivity contribution in [2.24, 2.45) is 0 Å². The summed E-state index contributed by atoms with van der Waals surface area (Å²) in [5.41, 5.74) is -0.818. The topological polar surface area (TPSA) is 63.7 Å². The van der Waals surface area contributed by atoms with E-state index in [1.54, 1.807) is 0 Å². The van der Waals surface area contributed by atoms with Gasteiger partial charge in [0.2, 0.25) is 5.91 Å². The Morgan fingerprint density at radius 1 is 0.925 bits per heavy atom. The number of amides is 1. The number of rotatable bonds is 7. The summed E-state index contributed by atoms with van der Waals surface area (Å²) >= 11 is 0. The number of nitrogens with zero attached hydrogens (tertiary/aromatic N) is 2. The van der Waals surface area contributed by atoms with Crippen LogP contribution in [-0.4, -0.2) is 58.4 Å². The first-order valence-corrected chi connectivity index (χ1v) is 20.4. The summed E-state index contributed by atoms with van der Waals surface area (Å²) in [6.07, 6.45) is 0.499. The fraction of sp³-hybridized carbons (Fsp3) is 0.793. The zero-order valence-electron chi connectivity index (χ0n) is 26.0. The van der Waals surface area contributed by atoms with Crippen molar-refractivity contribution in [1.29, 1.82) is 0 Å². The van der Waals surface area contributed by atoms with E-state index in [-0.39, 0.29) is 22.0 Å². The molecule has 0 aromatic carbocycles. The third-order valence-electron chi connectivity index (χ3n) is 9.47. The normalized spacial score (nSPS) is 23.9. The van der Waals surface area contributed by atoms with E-state index in [9.17, 15) is 18.0 Å². The number of nitrogens with one attached hydrogen (secondary N) is 1. The summed E-state index contributed by atoms with van der Waals surface area (Å²) in [6, 6.07) is 1.71. The summed E-state index contributed by atoms with van der Waals surface area (Å²) in [4.78, 5) is 20.1. The van der Waals surface area contributed by atoms with Crippen LogP contribution in [0.1, 0.15) is 79.2 Å². The fourth-order valence-corrected chi connectivity index (χ4v) is 7.53. The van der Waals surface area contributed by atoms with Crippen LogP contribution in [0.3, 0.4) is 0 Å². The van der Waals surface area contributed by atoms with Gasteiger partial charge in [0, 0.05) is 18.8 Å². The molecule has 1 amide bonds. The van der Waals surface area contributed by atoms with Gasteiger partial charge < -0.3 is 19.1 Å². The lowest BCUT2D eigenvalue weighted by molar-refractivity contribution is -0.137. The first-order valence-electron chi connectivity index (χ1n) is 14.6. The third-order valence-corrected chi connectivity index (χ3v) is 18.4. The van der Waals surface area contributed by atoms with E-state index >= 15 is 0 Å². The van der Waals surface area contributed by atoms with Crippen molar-refractivity contribution in [1.82, 2.24) is 10.3 Å². The quantitative estimate of drug-likeness (QED) is 0.328. The maximum Gasteiger partial charge on any atom is 0.417 e. The molecule has 2 fully saturated rings. The summed E-state index contributed by atoms with van der Waals surface area (Å²) in [5, 5.41) is 3.08. The number of hydrogen-bond acceptors (Lipinski definition) is 5. The second kappa shape index (κ2) is 11.7. The number of aromatic nitrogens is 1. The Kier molecular flexibility index (Phi) is 9.66. The molecule has 1 saturated carbocycles. The summed E-state index contributed by atoms with van der Waals surface area (Å²) in [7, 11) is -4.67. The van der Waals surface area contributed by atoms with Crippen LogP contribution in [0.5, 0.6) is 0 Å². The fourth-order valence-electron chi connectivity index (χ4n) is 4.89. The van der Waals surface area contributed by atoms with Gasteiger partial charge in [-0.2, -0.15) is 13.2 Å². The Hall–Kier alpha value is -1.44. The molecule has 228 valence electrons. The zero-order valence-corrected chi connectivity index (χ0v) is 28.0. The van der Waals surface area contributed by atoms with Crippen LogP contribution in [0, 0.1) is 0 Å². The molecule has 2 heterocycles. The average molecular weight is 602 g/mol. The number of carbonyl (C=O) groups excluding carboxylic acids is 1. The second-order valence-electron chi connectivity index (χ2n) is 14.6. The van der Waals surface area contributed by atoms with Crippen LogP contribution >= 0.6 is 0 Å². The van der Waals surface area contributed by atoms with E-state index < -0.39 is 46.6 Å². The van der Waals surface area contributed by atoms with E-state index in [0.717, 1.165) is 44.4 Å². The minimum absolute atomic E-state index is 0.0750. The maximum atomic E-state index is 14.1. The molecule has 2 aliphatic rings. The largest absolute Gasteiger partial charge is 0.417 e. The van der Waals surface area contributed by atoms with Crippen LogP contribution in [-0.2, 0) is 19.8 Å². The molecule has 1 aliphatic heterocycles. The maximum absolute atomic E-state index is 14.1. The first kappa shape index (κ1) is 33.1. The third kappa shape index (κ3) is 7.49. The summed E-state index contributed by atoms with van der Waals surface area (Å²) < 4.78 is 54.0. The summed E-state index contributed by atoms with van der Waals surface area (Å²) in [5.74, 6) is 0.153. The van der Waals surface area contributed by atoms with Gasteiger partial charge in [0.05, 0.1) is 11.7 Å². The number of carbonyl (C=O) groups is 1. The first-order chi connectivity index (χ1) is 18.1. The van der Waals surface area contributed by atoms with Crippen molar-refractivity contribution in [3.05, 3.63) is 23.9 Å². The van der Waals surface area contributed by atoms with Gasteiger partial charge in [-0.15, -0.1) is 0 Å². The molecule has 40 heavy (non-hydrogen) atoms. The Morgan fingerprint density at radius 2 is 1.48 bits per heavy atom. The van der Waals surface area contributed by atoms with Gasteiger partial charge in [-0.05, 0) is 61.2 Å². The predicted molar refractivity (Wildman–Crippen MR) is 160 cm³/mol. The second-order valence-corrected chi connectivity index (χ2v) is 24.1. The van der Waals surface area contributed by atoms with E-state index in [0.29, 0.717) is 12.4 Å². The molecule has 0 radical (unpaired) electrons. The highest BCUT2D eigenvalue weighted by molar-refractivity contribution is 6.74. The predicted octanol–water partition coefficient (Wildman–Crippen LogP) is 7.52. The van der Waals surface area contributed by atoms with Crippen molar-refractivity contribution >= 4 is 28.4 Å². The summed E-state index contributed by atoms with van der Waals surface area (Å²) in [6.45, 7) is 21.9. The number of halogens is 3. The molecular weight excluding hydrogens is 552 g/mol. The lowest BCUT2D eigenvalue weighted by Crippen LogP contribution is -2.57. The molecule has 1 saturated heterocycles. The Bertz CT molecular complexity index is 1010. The van der Waals surface area contributed by atoms with Gasteiger partial charge in [-0.25, -0.2) is 4.98 Å². The van der Waals surface area contributed by atoms with Gasteiger partial charge in [0.25, 0.3) is 0 Å². The number of anilines is 1.